The van der Waals surface area contributed by atoms with Crippen LogP contribution in [0.15, 0.2) is 45.6 Å². The quantitative estimate of drug-likeness (QED) is 0.810. The number of nitrogens with zero attached hydrogens (tertiary/aromatic N) is 4. The van der Waals surface area contributed by atoms with Crippen molar-refractivity contribution in [2.75, 3.05) is 29.9 Å². The number of amides is 1. The average molecular weight is 366 g/mol. The summed E-state index contributed by atoms with van der Waals surface area (Å²) in [7, 11) is 1.71. The smallest absolute Gasteiger partial charge is 0.414 e. The van der Waals surface area contributed by atoms with Gasteiger partial charge in [0.25, 0.3) is 0 Å². The fourth-order valence-electron chi connectivity index (χ4n) is 3.34. The zero-order chi connectivity index (χ0) is 18.8. The van der Waals surface area contributed by atoms with Crippen molar-refractivity contribution in [3.8, 4) is 0 Å². The molecule has 0 spiro atoms. The Bertz CT molecular complexity index is 916. The Balaban J connectivity index is 1.44. The average Bonchev–Trinajstić information content (AvgIpc) is 3.41. The standard InChI is InChI=1S/C20H22N4O3/c1-14-10-17(22-27-14)13-26-20(25)23(2)18-6-5-15-7-9-24(19(15)11-18)12-16-4-3-8-21-16/h4-6,8,10-11H,3,7,9,12-13H2,1-2H3. The lowest BCUT2D eigenvalue weighted by atomic mass is 10.1. The number of carbonyl (C=O) groups is 1. The van der Waals surface area contributed by atoms with E-state index in [2.05, 4.69) is 27.2 Å². The fraction of sp³-hybridized carbons (Fsp3) is 0.350. The van der Waals surface area contributed by atoms with E-state index in [4.69, 9.17) is 9.26 Å². The molecule has 7 heteroatoms. The van der Waals surface area contributed by atoms with Crippen molar-refractivity contribution >= 4 is 23.7 Å². The molecule has 0 fully saturated rings. The number of rotatable bonds is 5. The summed E-state index contributed by atoms with van der Waals surface area (Å²) in [5.74, 6) is 0.690. The molecule has 0 N–H and O–H groups in total. The van der Waals surface area contributed by atoms with Crippen LogP contribution in [0.2, 0.25) is 0 Å². The van der Waals surface area contributed by atoms with Crippen molar-refractivity contribution in [3.05, 3.63) is 53.1 Å². The number of ether oxygens (including phenoxy) is 1. The number of aromatic nitrogens is 1. The zero-order valence-electron chi connectivity index (χ0n) is 15.5. The third-order valence-corrected chi connectivity index (χ3v) is 4.81. The van der Waals surface area contributed by atoms with E-state index in [-0.39, 0.29) is 6.61 Å². The minimum atomic E-state index is -0.428. The summed E-state index contributed by atoms with van der Waals surface area (Å²) < 4.78 is 10.3. The number of anilines is 2. The molecule has 7 nitrogen and oxygen atoms in total. The van der Waals surface area contributed by atoms with Crippen molar-refractivity contribution in [2.24, 2.45) is 4.99 Å². The predicted molar refractivity (Wildman–Crippen MR) is 103 cm³/mol. The summed E-state index contributed by atoms with van der Waals surface area (Å²) in [5.41, 5.74) is 4.94. The van der Waals surface area contributed by atoms with Crippen LogP contribution in [0.3, 0.4) is 0 Å². The second kappa shape index (κ2) is 7.26. The second-order valence-electron chi connectivity index (χ2n) is 6.77. The van der Waals surface area contributed by atoms with E-state index in [1.165, 1.54) is 10.5 Å². The molecule has 2 aliphatic rings. The molecule has 27 heavy (non-hydrogen) atoms. The van der Waals surface area contributed by atoms with Crippen molar-refractivity contribution in [2.45, 2.75) is 26.4 Å². The summed E-state index contributed by atoms with van der Waals surface area (Å²) in [6, 6.07) is 7.84. The highest BCUT2D eigenvalue weighted by atomic mass is 16.6. The molecule has 0 radical (unpaired) electrons. The molecule has 0 unspecified atom stereocenters. The van der Waals surface area contributed by atoms with E-state index in [9.17, 15) is 4.79 Å². The third-order valence-electron chi connectivity index (χ3n) is 4.81. The molecule has 0 bridgehead atoms. The normalized spacial score (nSPS) is 15.0. The van der Waals surface area contributed by atoms with Crippen LogP contribution in [0, 0.1) is 6.92 Å². The monoisotopic (exact) mass is 366 g/mol. The molecule has 3 heterocycles. The minimum Gasteiger partial charge on any atom is -0.443 e. The summed E-state index contributed by atoms with van der Waals surface area (Å²) in [6.07, 6.45) is 5.57. The van der Waals surface area contributed by atoms with E-state index < -0.39 is 6.09 Å². The van der Waals surface area contributed by atoms with Gasteiger partial charge in [-0.05, 0) is 31.0 Å². The predicted octanol–water partition coefficient (Wildman–Crippen LogP) is 3.48. The van der Waals surface area contributed by atoms with Crippen LogP contribution in [0.4, 0.5) is 16.2 Å². The molecule has 1 aromatic carbocycles. The fourth-order valence-corrected chi connectivity index (χ4v) is 3.34. The number of hydrogen-bond donors (Lipinski definition) is 0. The molecule has 4 rings (SSSR count). The number of benzene rings is 1. The van der Waals surface area contributed by atoms with E-state index in [1.807, 2.05) is 18.3 Å². The maximum atomic E-state index is 12.4. The molecule has 1 amide bonds. The Morgan fingerprint density at radius 3 is 3.00 bits per heavy atom. The number of fused-ring (bicyclic) bond motifs is 1. The van der Waals surface area contributed by atoms with Crippen LogP contribution < -0.4 is 9.80 Å². The van der Waals surface area contributed by atoms with Crippen molar-refractivity contribution in [1.29, 1.82) is 0 Å². The Morgan fingerprint density at radius 1 is 1.37 bits per heavy atom. The lowest BCUT2D eigenvalue weighted by Crippen LogP contribution is -2.27. The number of aliphatic imine (C=N–C) groups is 1. The molecular weight excluding hydrogens is 344 g/mol. The van der Waals surface area contributed by atoms with Crippen LogP contribution in [0.5, 0.6) is 0 Å². The molecular formula is C20H22N4O3. The van der Waals surface area contributed by atoms with Gasteiger partial charge in [0.05, 0.1) is 12.2 Å². The molecule has 1 aromatic heterocycles. The largest absolute Gasteiger partial charge is 0.443 e. The Kier molecular flexibility index (Phi) is 4.66. The first-order chi connectivity index (χ1) is 13.1. The van der Waals surface area contributed by atoms with Gasteiger partial charge in [0.1, 0.15) is 18.1 Å². The highest BCUT2D eigenvalue weighted by Crippen LogP contribution is 2.33. The van der Waals surface area contributed by atoms with E-state index in [0.717, 1.165) is 43.0 Å². The van der Waals surface area contributed by atoms with Gasteiger partial charge in [0, 0.05) is 43.7 Å². The summed E-state index contributed by atoms with van der Waals surface area (Å²) in [6.45, 7) is 3.65. The van der Waals surface area contributed by atoms with Gasteiger partial charge in [0.15, 0.2) is 0 Å². The maximum absolute atomic E-state index is 12.4. The lowest BCUT2D eigenvalue weighted by Gasteiger charge is -2.22. The van der Waals surface area contributed by atoms with Gasteiger partial charge in [-0.25, -0.2) is 4.79 Å². The third kappa shape index (κ3) is 3.72. The first-order valence-corrected chi connectivity index (χ1v) is 9.02. The molecule has 0 saturated heterocycles. The van der Waals surface area contributed by atoms with Gasteiger partial charge in [-0.1, -0.05) is 17.3 Å². The Hall–Kier alpha value is -3.09. The highest BCUT2D eigenvalue weighted by molar-refractivity contribution is 5.88. The Labute approximate surface area is 157 Å². The maximum Gasteiger partial charge on any atom is 0.414 e. The summed E-state index contributed by atoms with van der Waals surface area (Å²) in [4.78, 5) is 20.6. The van der Waals surface area contributed by atoms with Crippen molar-refractivity contribution < 1.29 is 14.1 Å². The van der Waals surface area contributed by atoms with Gasteiger partial charge in [-0.3, -0.25) is 9.89 Å². The molecule has 0 saturated carbocycles. The van der Waals surface area contributed by atoms with Gasteiger partial charge in [-0.15, -0.1) is 0 Å². The van der Waals surface area contributed by atoms with Crippen LogP contribution in [0.25, 0.3) is 0 Å². The molecule has 140 valence electrons. The van der Waals surface area contributed by atoms with Gasteiger partial charge >= 0.3 is 6.09 Å². The lowest BCUT2D eigenvalue weighted by molar-refractivity contribution is 0.145. The minimum absolute atomic E-state index is 0.0870. The molecule has 2 aromatic rings. The first kappa shape index (κ1) is 17.3. The second-order valence-corrected chi connectivity index (χ2v) is 6.77. The zero-order valence-corrected chi connectivity index (χ0v) is 15.5. The molecule has 0 aliphatic carbocycles. The van der Waals surface area contributed by atoms with Gasteiger partial charge in [0.2, 0.25) is 0 Å². The first-order valence-electron chi connectivity index (χ1n) is 9.02. The van der Waals surface area contributed by atoms with Crippen molar-refractivity contribution in [1.82, 2.24) is 5.16 Å². The van der Waals surface area contributed by atoms with E-state index in [0.29, 0.717) is 11.5 Å². The number of allylic oxidation sites excluding steroid dienone is 1. The number of aryl methyl sites for hydroxylation is 1. The van der Waals surface area contributed by atoms with E-state index >= 15 is 0 Å². The molecule has 2 aliphatic heterocycles. The van der Waals surface area contributed by atoms with Gasteiger partial charge in [-0.2, -0.15) is 0 Å². The van der Waals surface area contributed by atoms with Crippen LogP contribution in [-0.4, -0.2) is 37.6 Å². The SMILES string of the molecule is Cc1cc(COC(=O)N(C)c2ccc3c(c2)N(CC2=CCC=N2)CC3)no1. The highest BCUT2D eigenvalue weighted by Gasteiger charge is 2.22. The Morgan fingerprint density at radius 2 is 2.26 bits per heavy atom. The van der Waals surface area contributed by atoms with Crippen LogP contribution in [0.1, 0.15) is 23.4 Å². The van der Waals surface area contributed by atoms with E-state index in [1.54, 1.807) is 20.0 Å². The number of hydrogen-bond acceptors (Lipinski definition) is 6. The number of carbonyl (C=O) groups excluding carboxylic acids is 1. The topological polar surface area (TPSA) is 71.2 Å². The van der Waals surface area contributed by atoms with Crippen LogP contribution >= 0.6 is 0 Å². The van der Waals surface area contributed by atoms with Gasteiger partial charge < -0.3 is 14.2 Å². The summed E-state index contributed by atoms with van der Waals surface area (Å²) >= 11 is 0. The summed E-state index contributed by atoms with van der Waals surface area (Å²) in [5, 5.41) is 3.83. The molecule has 0 atom stereocenters. The van der Waals surface area contributed by atoms with Crippen molar-refractivity contribution in [3.63, 3.8) is 0 Å². The van der Waals surface area contributed by atoms with Crippen LogP contribution in [-0.2, 0) is 17.8 Å².